The van der Waals surface area contributed by atoms with Crippen molar-refractivity contribution in [2.75, 3.05) is 26.3 Å². The molecule has 49 heavy (non-hydrogen) atoms. The van der Waals surface area contributed by atoms with Gasteiger partial charge >= 0.3 is 5.97 Å². The molecule has 3 aliphatic heterocycles. The van der Waals surface area contributed by atoms with Gasteiger partial charge in [-0.15, -0.1) is 18.3 Å². The van der Waals surface area contributed by atoms with Gasteiger partial charge in [0.25, 0.3) is 0 Å². The van der Waals surface area contributed by atoms with E-state index in [2.05, 4.69) is 44.7 Å². The molecule has 258 valence electrons. The first-order chi connectivity index (χ1) is 23.7. The number of allylic oxidation sites excluding steroid dienone is 1. The number of ether oxygens (including phenoxy) is 2. The van der Waals surface area contributed by atoms with E-state index in [1.54, 1.807) is 16.8 Å². The Kier molecular flexibility index (Phi) is 10.3. The summed E-state index contributed by atoms with van der Waals surface area (Å²) in [5.74, 6) is -3.69. The van der Waals surface area contributed by atoms with Crippen molar-refractivity contribution < 1.29 is 33.8 Å². The van der Waals surface area contributed by atoms with E-state index < -0.39 is 65.9 Å². The number of nitrogens with zero attached hydrogens (tertiary/aromatic N) is 5. The highest BCUT2D eigenvalue weighted by atomic mass is 79.9. The fraction of sp³-hybridized carbons (Fsp3) is 0.429. The van der Waals surface area contributed by atoms with Crippen LogP contribution in [0.2, 0.25) is 0 Å². The predicted octanol–water partition coefficient (Wildman–Crippen LogP) is 2.51. The number of alkyl halides is 1. The normalized spacial score (nSPS) is 26.0. The number of likely N-dealkylation sites (tertiary alicyclic amines) is 1. The van der Waals surface area contributed by atoms with Gasteiger partial charge in [-0.2, -0.15) is 0 Å². The van der Waals surface area contributed by atoms with E-state index in [0.717, 1.165) is 11.1 Å². The summed E-state index contributed by atoms with van der Waals surface area (Å²) in [6.07, 6.45) is 3.43. The van der Waals surface area contributed by atoms with Crippen LogP contribution in [0.3, 0.4) is 0 Å². The van der Waals surface area contributed by atoms with Crippen LogP contribution in [0.5, 0.6) is 0 Å². The molecule has 3 amide bonds. The number of halogens is 1. The predicted molar refractivity (Wildman–Crippen MR) is 182 cm³/mol. The highest BCUT2D eigenvalue weighted by Gasteiger charge is 2.76. The zero-order valence-electron chi connectivity index (χ0n) is 26.9. The SMILES string of the molecule is C=CCCC(=O)OC[C@H](NC(=O)[C@H]1[C@@H]2O[C@@]3(CC2Br)[C@@H]1C(=O)N(CCO)[C@@H]3C(=O)N(CC=C)Cn1nnc2ccccc21)c1ccccc1. The first-order valence-electron chi connectivity index (χ1n) is 16.3. The summed E-state index contributed by atoms with van der Waals surface area (Å²) in [7, 11) is 0. The molecule has 14 heteroatoms. The van der Waals surface area contributed by atoms with Crippen molar-refractivity contribution in [2.24, 2.45) is 11.8 Å². The Morgan fingerprint density at radius 1 is 1.16 bits per heavy atom. The first kappa shape index (κ1) is 34.5. The number of aromatic nitrogens is 3. The van der Waals surface area contributed by atoms with Crippen LogP contribution >= 0.6 is 15.9 Å². The number of rotatable bonds is 15. The van der Waals surface area contributed by atoms with Crippen LogP contribution in [0.4, 0.5) is 0 Å². The summed E-state index contributed by atoms with van der Waals surface area (Å²) in [5.41, 5.74) is 0.770. The average Bonchev–Trinajstić information content (AvgIpc) is 3.83. The molecule has 13 nitrogen and oxygen atoms in total. The molecule has 4 heterocycles. The fourth-order valence-corrected chi connectivity index (χ4v) is 8.37. The number of hydrogen-bond acceptors (Lipinski definition) is 9. The van der Waals surface area contributed by atoms with Crippen molar-refractivity contribution in [1.29, 1.82) is 0 Å². The van der Waals surface area contributed by atoms with Gasteiger partial charge in [0.1, 0.15) is 30.4 Å². The second-order valence-electron chi connectivity index (χ2n) is 12.5. The van der Waals surface area contributed by atoms with Gasteiger partial charge in [-0.3, -0.25) is 19.2 Å². The summed E-state index contributed by atoms with van der Waals surface area (Å²) in [6, 6.07) is 14.7. The van der Waals surface area contributed by atoms with Crippen molar-refractivity contribution in [3.05, 3.63) is 85.5 Å². The number of β-amino-alcohol motifs (C(OH)–C–C–N with tert-alkyl or cyclic N) is 1. The fourth-order valence-electron chi connectivity index (χ4n) is 7.43. The molecule has 3 aliphatic rings. The lowest BCUT2D eigenvalue weighted by atomic mass is 9.70. The molecule has 0 aliphatic carbocycles. The number of para-hydroxylation sites is 1. The van der Waals surface area contributed by atoms with Crippen LogP contribution in [-0.2, 0) is 35.3 Å². The number of fused-ring (bicyclic) bond motifs is 2. The Morgan fingerprint density at radius 2 is 1.92 bits per heavy atom. The van der Waals surface area contributed by atoms with Gasteiger partial charge in [-0.05, 0) is 30.5 Å². The molecule has 0 radical (unpaired) electrons. The molecule has 0 saturated carbocycles. The highest BCUT2D eigenvalue weighted by molar-refractivity contribution is 9.09. The summed E-state index contributed by atoms with van der Waals surface area (Å²) in [6.45, 7) is 7.01. The zero-order chi connectivity index (χ0) is 34.7. The Hall–Kier alpha value is -4.40. The number of nitrogens with one attached hydrogen (secondary N) is 1. The number of benzene rings is 2. The Balaban J connectivity index is 1.29. The summed E-state index contributed by atoms with van der Waals surface area (Å²) >= 11 is 3.69. The Morgan fingerprint density at radius 3 is 2.65 bits per heavy atom. The molecule has 3 saturated heterocycles. The first-order valence-corrected chi connectivity index (χ1v) is 17.2. The maximum Gasteiger partial charge on any atom is 0.306 e. The summed E-state index contributed by atoms with van der Waals surface area (Å²) < 4.78 is 13.7. The van der Waals surface area contributed by atoms with Crippen LogP contribution in [0, 0.1) is 11.8 Å². The molecule has 6 rings (SSSR count). The van der Waals surface area contributed by atoms with Gasteiger partial charge in [0.05, 0.1) is 36.1 Å². The van der Waals surface area contributed by atoms with Crippen LogP contribution in [0.25, 0.3) is 11.0 Å². The van der Waals surface area contributed by atoms with E-state index in [0.29, 0.717) is 18.4 Å². The summed E-state index contributed by atoms with van der Waals surface area (Å²) in [4.78, 5) is 58.0. The van der Waals surface area contributed by atoms with Crippen LogP contribution in [0.1, 0.15) is 30.9 Å². The van der Waals surface area contributed by atoms with Gasteiger partial charge in [0.2, 0.25) is 17.7 Å². The molecular formula is C35H39BrN6O7. The molecule has 2 N–H and O–H groups in total. The number of amides is 3. The van der Waals surface area contributed by atoms with Crippen LogP contribution in [-0.4, -0.2) is 102 Å². The number of aliphatic hydroxyl groups excluding tert-OH is 1. The van der Waals surface area contributed by atoms with Crippen LogP contribution < -0.4 is 5.32 Å². The maximum absolute atomic E-state index is 14.6. The Bertz CT molecular complexity index is 1740. The molecule has 3 fully saturated rings. The molecular weight excluding hydrogens is 696 g/mol. The minimum absolute atomic E-state index is 0.0269. The molecule has 7 atom stereocenters. The van der Waals surface area contributed by atoms with Gasteiger partial charge in [0, 0.05) is 24.3 Å². The second kappa shape index (κ2) is 14.6. The standard InChI is InChI=1S/C35H39BrN6O7/c1-3-5-15-27(44)48-20-25(22-11-7-6-8-12-22)37-32(45)28-29-33(46)41(17-18-43)31(35(29)19-23(36)30(28)49-35)34(47)40(16-4-2)21-42-26-14-10-9-13-24(26)38-39-42/h3-4,6-14,23,25,28-31,43H,1-2,5,15-21H2,(H,37,45)/t23?,25-,28+,29-,30+,31+,35-/m0/s1. The van der Waals surface area contributed by atoms with Gasteiger partial charge in [0.15, 0.2) is 0 Å². The van der Waals surface area contributed by atoms with Crippen molar-refractivity contribution in [1.82, 2.24) is 30.1 Å². The molecule has 1 unspecified atom stereocenters. The van der Waals surface area contributed by atoms with E-state index in [1.807, 2.05) is 54.6 Å². The second-order valence-corrected chi connectivity index (χ2v) is 13.6. The third-order valence-corrected chi connectivity index (χ3v) is 10.4. The molecule has 2 aromatic carbocycles. The van der Waals surface area contributed by atoms with Crippen molar-refractivity contribution in [3.8, 4) is 0 Å². The smallest absolute Gasteiger partial charge is 0.306 e. The number of esters is 1. The molecule has 1 aromatic heterocycles. The van der Waals surface area contributed by atoms with Crippen LogP contribution in [0.15, 0.2) is 79.9 Å². The third-order valence-electron chi connectivity index (χ3n) is 9.53. The lowest BCUT2D eigenvalue weighted by molar-refractivity contribution is -0.149. The topological polar surface area (TPSA) is 156 Å². The zero-order valence-corrected chi connectivity index (χ0v) is 28.5. The lowest BCUT2D eigenvalue weighted by Gasteiger charge is -2.37. The largest absolute Gasteiger partial charge is 0.463 e. The van der Waals surface area contributed by atoms with E-state index in [-0.39, 0.29) is 37.6 Å². The van der Waals surface area contributed by atoms with E-state index in [9.17, 15) is 24.3 Å². The number of hydrogen-bond donors (Lipinski definition) is 2. The highest BCUT2D eigenvalue weighted by Crippen LogP contribution is 2.60. The van der Waals surface area contributed by atoms with Crippen molar-refractivity contribution in [3.63, 3.8) is 0 Å². The molecule has 1 spiro atoms. The molecule has 3 aromatic rings. The quantitative estimate of drug-likeness (QED) is 0.136. The number of carbonyl (C=O) groups is 4. The monoisotopic (exact) mass is 734 g/mol. The van der Waals surface area contributed by atoms with E-state index in [4.69, 9.17) is 9.47 Å². The van der Waals surface area contributed by atoms with E-state index in [1.165, 1.54) is 9.80 Å². The average molecular weight is 736 g/mol. The summed E-state index contributed by atoms with van der Waals surface area (Å²) in [5, 5.41) is 21.5. The number of aliphatic hydroxyl groups is 1. The lowest BCUT2D eigenvalue weighted by Crippen LogP contribution is -2.57. The maximum atomic E-state index is 14.6. The van der Waals surface area contributed by atoms with Crippen molar-refractivity contribution >= 4 is 50.7 Å². The van der Waals surface area contributed by atoms with Gasteiger partial charge in [-0.25, -0.2) is 4.68 Å². The third kappa shape index (κ3) is 6.40. The number of carbonyl (C=O) groups excluding carboxylic acids is 4. The minimum Gasteiger partial charge on any atom is -0.463 e. The minimum atomic E-state index is -1.34. The Labute approximate surface area is 292 Å². The van der Waals surface area contributed by atoms with Gasteiger partial charge in [-0.1, -0.05) is 75.8 Å². The van der Waals surface area contributed by atoms with Gasteiger partial charge < -0.3 is 29.7 Å². The molecule has 2 bridgehead atoms. The van der Waals surface area contributed by atoms with E-state index >= 15 is 0 Å². The van der Waals surface area contributed by atoms with Crippen molar-refractivity contribution in [2.45, 2.75) is 54.5 Å².